The number of likely N-dealkylation sites (N-methyl/N-ethyl adjacent to an activating group) is 1. The summed E-state index contributed by atoms with van der Waals surface area (Å²) in [5.41, 5.74) is 7.43. The first-order chi connectivity index (χ1) is 8.40. The summed E-state index contributed by atoms with van der Waals surface area (Å²) in [7, 11) is 2.12. The van der Waals surface area contributed by atoms with Gasteiger partial charge in [-0.05, 0) is 44.0 Å². The quantitative estimate of drug-likeness (QED) is 0.852. The van der Waals surface area contributed by atoms with Crippen molar-refractivity contribution in [3.8, 4) is 0 Å². The maximum Gasteiger partial charge on any atom is 0.0406 e. The van der Waals surface area contributed by atoms with Crippen molar-refractivity contribution in [3.05, 3.63) is 34.9 Å². The Morgan fingerprint density at radius 2 is 1.72 bits per heavy atom. The third-order valence-electron chi connectivity index (χ3n) is 3.31. The van der Waals surface area contributed by atoms with Crippen molar-refractivity contribution < 1.29 is 0 Å². The van der Waals surface area contributed by atoms with E-state index < -0.39 is 0 Å². The Hall–Kier alpha value is -0.570. The molecule has 0 fully saturated rings. The highest BCUT2D eigenvalue weighted by Gasteiger charge is 2.15. The molecule has 0 aromatic heterocycles. The van der Waals surface area contributed by atoms with Crippen LogP contribution in [0.4, 0.5) is 0 Å². The minimum absolute atomic E-state index is 0.241. The smallest absolute Gasteiger partial charge is 0.0406 e. The van der Waals surface area contributed by atoms with E-state index in [4.69, 9.17) is 17.3 Å². The minimum Gasteiger partial charge on any atom is -0.327 e. The van der Waals surface area contributed by atoms with Gasteiger partial charge in [0, 0.05) is 23.7 Å². The van der Waals surface area contributed by atoms with Crippen molar-refractivity contribution in [2.45, 2.75) is 39.3 Å². The van der Waals surface area contributed by atoms with Gasteiger partial charge >= 0.3 is 0 Å². The van der Waals surface area contributed by atoms with Crippen LogP contribution in [0, 0.1) is 5.92 Å². The molecule has 0 aliphatic carbocycles. The molecule has 0 bridgehead atoms. The summed E-state index contributed by atoms with van der Waals surface area (Å²) < 4.78 is 0. The van der Waals surface area contributed by atoms with Crippen LogP contribution in [0.15, 0.2) is 24.3 Å². The number of nitrogens with zero attached hydrogens (tertiary/aromatic N) is 1. The Labute approximate surface area is 116 Å². The van der Waals surface area contributed by atoms with Gasteiger partial charge in [0.2, 0.25) is 0 Å². The van der Waals surface area contributed by atoms with Crippen molar-refractivity contribution in [1.29, 1.82) is 0 Å². The van der Waals surface area contributed by atoms with Crippen LogP contribution in [0.1, 0.15) is 38.8 Å². The van der Waals surface area contributed by atoms with Gasteiger partial charge in [0.05, 0.1) is 0 Å². The van der Waals surface area contributed by atoms with Gasteiger partial charge in [-0.1, -0.05) is 37.6 Å². The van der Waals surface area contributed by atoms with E-state index in [1.807, 2.05) is 12.1 Å². The maximum absolute atomic E-state index is 6.15. The molecule has 1 aromatic carbocycles. The lowest BCUT2D eigenvalue weighted by atomic mass is 10.0. The molecule has 0 aliphatic heterocycles. The summed E-state index contributed by atoms with van der Waals surface area (Å²) in [4.78, 5) is 2.30. The van der Waals surface area contributed by atoms with Gasteiger partial charge in [0.15, 0.2) is 0 Å². The Morgan fingerprint density at radius 3 is 2.22 bits per heavy atom. The highest BCUT2D eigenvalue weighted by molar-refractivity contribution is 6.30. The topological polar surface area (TPSA) is 29.3 Å². The molecule has 3 heteroatoms. The highest BCUT2D eigenvalue weighted by atomic mass is 35.5. The predicted molar refractivity (Wildman–Crippen MR) is 79.9 cm³/mol. The second-order valence-corrected chi connectivity index (χ2v) is 5.99. The molecule has 2 N–H and O–H groups in total. The van der Waals surface area contributed by atoms with E-state index >= 15 is 0 Å². The molecule has 0 spiro atoms. The van der Waals surface area contributed by atoms with Crippen LogP contribution in [0.25, 0.3) is 0 Å². The van der Waals surface area contributed by atoms with Gasteiger partial charge in [-0.3, -0.25) is 4.90 Å². The van der Waals surface area contributed by atoms with E-state index in [1.165, 1.54) is 5.56 Å². The number of hydrogen-bond acceptors (Lipinski definition) is 2. The van der Waals surface area contributed by atoms with Crippen LogP contribution in [0.5, 0.6) is 0 Å². The van der Waals surface area contributed by atoms with Crippen molar-refractivity contribution in [2.75, 3.05) is 13.6 Å². The maximum atomic E-state index is 6.15. The zero-order valence-electron chi connectivity index (χ0n) is 11.9. The molecule has 102 valence electrons. The lowest BCUT2D eigenvalue weighted by Gasteiger charge is -2.28. The standard InChI is InChI=1S/C15H25ClN2/c1-11(2)9-15(17)10-18(4)12(3)13-5-7-14(16)8-6-13/h5-8,11-12,15H,9-10,17H2,1-4H3. The van der Waals surface area contributed by atoms with Gasteiger partial charge in [0.25, 0.3) is 0 Å². The molecule has 2 unspecified atom stereocenters. The molecule has 18 heavy (non-hydrogen) atoms. The summed E-state index contributed by atoms with van der Waals surface area (Å²) in [6, 6.07) is 8.64. The lowest BCUT2D eigenvalue weighted by molar-refractivity contribution is 0.235. The number of benzene rings is 1. The highest BCUT2D eigenvalue weighted by Crippen LogP contribution is 2.21. The minimum atomic E-state index is 0.241. The summed E-state index contributed by atoms with van der Waals surface area (Å²) in [6.45, 7) is 7.54. The predicted octanol–water partition coefficient (Wildman–Crippen LogP) is 3.71. The normalized spacial score (nSPS) is 15.1. The van der Waals surface area contributed by atoms with Crippen LogP contribution in [0.2, 0.25) is 5.02 Å². The van der Waals surface area contributed by atoms with Gasteiger partial charge in [0.1, 0.15) is 0 Å². The molecule has 0 heterocycles. The first-order valence-corrected chi connectivity index (χ1v) is 6.99. The number of hydrogen-bond donors (Lipinski definition) is 1. The van der Waals surface area contributed by atoms with Crippen LogP contribution < -0.4 is 5.73 Å². The lowest BCUT2D eigenvalue weighted by Crippen LogP contribution is -2.37. The molecule has 2 atom stereocenters. The van der Waals surface area contributed by atoms with E-state index in [0.29, 0.717) is 12.0 Å². The largest absolute Gasteiger partial charge is 0.327 e. The summed E-state index contributed by atoms with van der Waals surface area (Å²) in [5.74, 6) is 0.652. The zero-order chi connectivity index (χ0) is 13.7. The molecule has 0 saturated carbocycles. The monoisotopic (exact) mass is 268 g/mol. The van der Waals surface area contributed by atoms with Crippen molar-refractivity contribution in [1.82, 2.24) is 4.90 Å². The SMILES string of the molecule is CC(C)CC(N)CN(C)C(C)c1ccc(Cl)cc1. The number of halogens is 1. The Balaban J connectivity index is 2.55. The average Bonchev–Trinajstić information content (AvgIpc) is 2.27. The first-order valence-electron chi connectivity index (χ1n) is 6.61. The van der Waals surface area contributed by atoms with Crippen LogP contribution in [-0.2, 0) is 0 Å². The zero-order valence-corrected chi connectivity index (χ0v) is 12.6. The Bertz CT molecular complexity index is 348. The van der Waals surface area contributed by atoms with Crippen molar-refractivity contribution in [2.24, 2.45) is 11.7 Å². The van der Waals surface area contributed by atoms with Crippen LogP contribution in [-0.4, -0.2) is 24.5 Å². The van der Waals surface area contributed by atoms with Crippen molar-refractivity contribution in [3.63, 3.8) is 0 Å². The fourth-order valence-electron chi connectivity index (χ4n) is 2.20. The van der Waals surface area contributed by atoms with Gasteiger partial charge in [-0.15, -0.1) is 0 Å². The second kappa shape index (κ2) is 7.13. The average molecular weight is 269 g/mol. The molecule has 0 amide bonds. The van der Waals surface area contributed by atoms with E-state index in [2.05, 4.69) is 44.9 Å². The summed E-state index contributed by atoms with van der Waals surface area (Å²) >= 11 is 5.90. The molecular weight excluding hydrogens is 244 g/mol. The number of rotatable bonds is 6. The van der Waals surface area contributed by atoms with Gasteiger partial charge in [-0.25, -0.2) is 0 Å². The van der Waals surface area contributed by atoms with Gasteiger partial charge < -0.3 is 5.73 Å². The third kappa shape index (κ3) is 4.97. The Kier molecular flexibility index (Phi) is 6.13. The molecule has 0 saturated heterocycles. The molecule has 0 radical (unpaired) electrons. The van der Waals surface area contributed by atoms with Crippen LogP contribution >= 0.6 is 11.6 Å². The van der Waals surface area contributed by atoms with E-state index in [-0.39, 0.29) is 6.04 Å². The van der Waals surface area contributed by atoms with E-state index in [1.54, 1.807) is 0 Å². The molecule has 1 aromatic rings. The second-order valence-electron chi connectivity index (χ2n) is 5.56. The number of nitrogens with two attached hydrogens (primary N) is 1. The first kappa shape index (κ1) is 15.5. The molecule has 0 aliphatic rings. The molecular formula is C15H25ClN2. The third-order valence-corrected chi connectivity index (χ3v) is 3.56. The van der Waals surface area contributed by atoms with Crippen molar-refractivity contribution >= 4 is 11.6 Å². The molecule has 2 nitrogen and oxygen atoms in total. The fraction of sp³-hybridized carbons (Fsp3) is 0.600. The van der Waals surface area contributed by atoms with Gasteiger partial charge in [-0.2, -0.15) is 0 Å². The summed E-state index contributed by atoms with van der Waals surface area (Å²) in [6.07, 6.45) is 1.07. The summed E-state index contributed by atoms with van der Waals surface area (Å²) in [5, 5.41) is 0.783. The fourth-order valence-corrected chi connectivity index (χ4v) is 2.33. The van der Waals surface area contributed by atoms with E-state index in [0.717, 1.165) is 18.0 Å². The van der Waals surface area contributed by atoms with E-state index in [9.17, 15) is 0 Å². The molecule has 1 rings (SSSR count). The van der Waals surface area contributed by atoms with Crippen LogP contribution in [0.3, 0.4) is 0 Å². The Morgan fingerprint density at radius 1 is 1.17 bits per heavy atom.